The standard InChI is InChI=1S/C11H11Cl2N3O2/c1-17-7-2-3-8(13)9(6-7)14-11-16-15-10(18-11)4-5-12/h2-3,6H,4-5H2,1H3,(H,14,16). The summed E-state index contributed by atoms with van der Waals surface area (Å²) in [6.45, 7) is 0. The maximum Gasteiger partial charge on any atom is 0.320 e. The molecule has 1 N–H and O–H groups in total. The largest absolute Gasteiger partial charge is 0.497 e. The lowest BCUT2D eigenvalue weighted by atomic mass is 10.3. The lowest BCUT2D eigenvalue weighted by Crippen LogP contribution is -1.92. The molecule has 7 heteroatoms. The number of alkyl halides is 1. The molecule has 0 amide bonds. The number of benzene rings is 1. The van der Waals surface area contributed by atoms with Gasteiger partial charge < -0.3 is 14.5 Å². The maximum atomic E-state index is 6.04. The first-order chi connectivity index (χ1) is 8.72. The summed E-state index contributed by atoms with van der Waals surface area (Å²) in [4.78, 5) is 0. The van der Waals surface area contributed by atoms with Crippen LogP contribution in [0, 0.1) is 0 Å². The molecule has 0 radical (unpaired) electrons. The van der Waals surface area contributed by atoms with Crippen LogP contribution in [0.3, 0.4) is 0 Å². The highest BCUT2D eigenvalue weighted by Gasteiger charge is 2.08. The van der Waals surface area contributed by atoms with Crippen molar-refractivity contribution in [3.63, 3.8) is 0 Å². The van der Waals surface area contributed by atoms with Crippen LogP contribution in [0.4, 0.5) is 11.7 Å². The number of anilines is 2. The van der Waals surface area contributed by atoms with Gasteiger partial charge in [-0.1, -0.05) is 16.7 Å². The quantitative estimate of drug-likeness (QED) is 0.856. The molecule has 0 fully saturated rings. The van der Waals surface area contributed by atoms with E-state index in [1.165, 1.54) is 0 Å². The van der Waals surface area contributed by atoms with E-state index in [0.717, 1.165) is 0 Å². The van der Waals surface area contributed by atoms with E-state index in [9.17, 15) is 0 Å². The molecule has 18 heavy (non-hydrogen) atoms. The topological polar surface area (TPSA) is 60.2 Å². The summed E-state index contributed by atoms with van der Waals surface area (Å²) in [6.07, 6.45) is 0.530. The van der Waals surface area contributed by atoms with Crippen LogP contribution < -0.4 is 10.1 Å². The van der Waals surface area contributed by atoms with Gasteiger partial charge in [0.1, 0.15) is 5.75 Å². The Morgan fingerprint density at radius 1 is 1.39 bits per heavy atom. The summed E-state index contributed by atoms with van der Waals surface area (Å²) < 4.78 is 10.4. The van der Waals surface area contributed by atoms with Crippen molar-refractivity contribution in [1.82, 2.24) is 10.2 Å². The fourth-order valence-corrected chi connectivity index (χ4v) is 1.65. The predicted octanol–water partition coefficient (Wildman–Crippen LogP) is 3.26. The molecule has 5 nitrogen and oxygen atoms in total. The summed E-state index contributed by atoms with van der Waals surface area (Å²) in [5.41, 5.74) is 0.636. The summed E-state index contributed by atoms with van der Waals surface area (Å²) in [7, 11) is 1.58. The Kier molecular flexibility index (Phi) is 4.28. The third kappa shape index (κ3) is 3.05. The minimum absolute atomic E-state index is 0.269. The van der Waals surface area contributed by atoms with E-state index in [1.54, 1.807) is 25.3 Å². The Balaban J connectivity index is 2.16. The molecular formula is C11H11Cl2N3O2. The van der Waals surface area contributed by atoms with Crippen LogP contribution in [-0.2, 0) is 6.42 Å². The molecular weight excluding hydrogens is 277 g/mol. The highest BCUT2D eigenvalue weighted by atomic mass is 35.5. The normalized spacial score (nSPS) is 10.4. The van der Waals surface area contributed by atoms with Crippen molar-refractivity contribution in [1.29, 1.82) is 0 Å². The number of nitrogens with zero attached hydrogens (tertiary/aromatic N) is 2. The van der Waals surface area contributed by atoms with E-state index in [-0.39, 0.29) is 6.01 Å². The van der Waals surface area contributed by atoms with Crippen molar-refractivity contribution in [2.75, 3.05) is 18.3 Å². The molecule has 2 aromatic rings. The Bertz CT molecular complexity index is 531. The zero-order valence-corrected chi connectivity index (χ0v) is 11.1. The second kappa shape index (κ2) is 5.93. The highest BCUT2D eigenvalue weighted by Crippen LogP contribution is 2.28. The first-order valence-corrected chi connectivity index (χ1v) is 6.13. The van der Waals surface area contributed by atoms with E-state index in [2.05, 4.69) is 15.5 Å². The number of aromatic nitrogens is 2. The van der Waals surface area contributed by atoms with Crippen LogP contribution >= 0.6 is 23.2 Å². The summed E-state index contributed by atoms with van der Waals surface area (Å²) in [5.74, 6) is 1.59. The zero-order valence-electron chi connectivity index (χ0n) is 9.61. The predicted molar refractivity (Wildman–Crippen MR) is 70.0 cm³/mol. The number of hydrogen-bond donors (Lipinski definition) is 1. The Morgan fingerprint density at radius 2 is 2.22 bits per heavy atom. The number of halogens is 2. The first kappa shape index (κ1) is 13.0. The summed E-state index contributed by atoms with van der Waals surface area (Å²) in [6, 6.07) is 5.50. The molecule has 1 aromatic heterocycles. The molecule has 0 spiro atoms. The molecule has 1 heterocycles. The van der Waals surface area contributed by atoms with Crippen LogP contribution in [0.5, 0.6) is 5.75 Å². The number of hydrogen-bond acceptors (Lipinski definition) is 5. The zero-order chi connectivity index (χ0) is 13.0. The van der Waals surface area contributed by atoms with E-state index < -0.39 is 0 Å². The van der Waals surface area contributed by atoms with Crippen LogP contribution in [0.25, 0.3) is 0 Å². The van der Waals surface area contributed by atoms with E-state index in [4.69, 9.17) is 32.4 Å². The van der Waals surface area contributed by atoms with Gasteiger partial charge >= 0.3 is 6.01 Å². The van der Waals surface area contributed by atoms with Crippen molar-refractivity contribution >= 4 is 34.9 Å². The SMILES string of the molecule is COc1ccc(Cl)c(Nc2nnc(CCCl)o2)c1. The summed E-state index contributed by atoms with van der Waals surface area (Å²) >= 11 is 11.6. The monoisotopic (exact) mass is 287 g/mol. The molecule has 0 saturated heterocycles. The second-order valence-corrected chi connectivity index (χ2v) is 4.20. The molecule has 0 atom stereocenters. The molecule has 1 aromatic carbocycles. The van der Waals surface area contributed by atoms with Gasteiger partial charge in [-0.25, -0.2) is 0 Å². The molecule has 0 aliphatic rings. The van der Waals surface area contributed by atoms with Crippen molar-refractivity contribution in [2.45, 2.75) is 6.42 Å². The van der Waals surface area contributed by atoms with Gasteiger partial charge in [-0.15, -0.1) is 16.7 Å². The van der Waals surface area contributed by atoms with Crippen LogP contribution in [-0.4, -0.2) is 23.2 Å². The fraction of sp³-hybridized carbons (Fsp3) is 0.273. The molecule has 2 rings (SSSR count). The van der Waals surface area contributed by atoms with Crippen molar-refractivity contribution < 1.29 is 9.15 Å². The van der Waals surface area contributed by atoms with Gasteiger partial charge in [-0.3, -0.25) is 0 Å². The Morgan fingerprint density at radius 3 is 2.94 bits per heavy atom. The molecule has 0 bridgehead atoms. The lowest BCUT2D eigenvalue weighted by molar-refractivity contribution is 0.415. The first-order valence-electron chi connectivity index (χ1n) is 5.22. The van der Waals surface area contributed by atoms with Gasteiger partial charge in [-0.2, -0.15) is 0 Å². The fourth-order valence-electron chi connectivity index (χ4n) is 1.33. The van der Waals surface area contributed by atoms with Gasteiger partial charge in [0.2, 0.25) is 5.89 Å². The third-order valence-corrected chi connectivity index (χ3v) is 2.71. The average molecular weight is 288 g/mol. The van der Waals surface area contributed by atoms with Gasteiger partial charge in [0.25, 0.3) is 0 Å². The Labute approximate surface area is 114 Å². The summed E-state index contributed by atoms with van der Waals surface area (Å²) in [5, 5.41) is 11.1. The minimum Gasteiger partial charge on any atom is -0.497 e. The van der Waals surface area contributed by atoms with Crippen LogP contribution in [0.1, 0.15) is 5.89 Å². The van der Waals surface area contributed by atoms with Crippen molar-refractivity contribution in [3.8, 4) is 5.75 Å². The average Bonchev–Trinajstić information content (AvgIpc) is 2.80. The van der Waals surface area contributed by atoms with Gasteiger partial charge in [0, 0.05) is 18.4 Å². The smallest absolute Gasteiger partial charge is 0.320 e. The third-order valence-electron chi connectivity index (χ3n) is 2.19. The van der Waals surface area contributed by atoms with Crippen molar-refractivity contribution in [3.05, 3.63) is 29.1 Å². The Hall–Kier alpha value is -1.46. The molecule has 0 unspecified atom stereocenters. The van der Waals surface area contributed by atoms with E-state index in [1.807, 2.05) is 0 Å². The number of methoxy groups -OCH3 is 1. The van der Waals surface area contributed by atoms with Gasteiger partial charge in [0.15, 0.2) is 0 Å². The number of rotatable bonds is 5. The molecule has 0 aliphatic carbocycles. The highest BCUT2D eigenvalue weighted by molar-refractivity contribution is 6.33. The van der Waals surface area contributed by atoms with Crippen LogP contribution in [0.15, 0.2) is 22.6 Å². The van der Waals surface area contributed by atoms with Crippen molar-refractivity contribution in [2.24, 2.45) is 0 Å². The molecule has 0 aliphatic heterocycles. The number of ether oxygens (including phenoxy) is 1. The molecule has 0 saturated carbocycles. The maximum absolute atomic E-state index is 6.04. The van der Waals surface area contributed by atoms with Crippen LogP contribution in [0.2, 0.25) is 5.02 Å². The van der Waals surface area contributed by atoms with Gasteiger partial charge in [-0.05, 0) is 12.1 Å². The lowest BCUT2D eigenvalue weighted by Gasteiger charge is -2.06. The van der Waals surface area contributed by atoms with Gasteiger partial charge in [0.05, 0.1) is 17.8 Å². The number of aryl methyl sites for hydroxylation is 1. The number of nitrogens with one attached hydrogen (secondary N) is 1. The van der Waals surface area contributed by atoms with E-state index in [0.29, 0.717) is 34.7 Å². The minimum atomic E-state index is 0.269. The second-order valence-electron chi connectivity index (χ2n) is 3.41. The molecule has 96 valence electrons. The van der Waals surface area contributed by atoms with E-state index >= 15 is 0 Å².